The number of hydrogen-bond acceptors (Lipinski definition) is 15. The maximum Gasteiger partial charge on any atom is 0.0639 e. The predicted octanol–water partition coefficient (Wildman–Crippen LogP) is -0.465. The van der Waals surface area contributed by atoms with Crippen LogP contribution in [0.15, 0.2) is 0 Å². The molecule has 0 spiro atoms. The molecule has 5 N–H and O–H groups in total. The van der Waals surface area contributed by atoms with Crippen molar-refractivity contribution in [2.45, 2.75) is 58.3 Å². The van der Waals surface area contributed by atoms with E-state index in [1.807, 2.05) is 63.3 Å². The van der Waals surface area contributed by atoms with Gasteiger partial charge in [-0.2, -0.15) is 0 Å². The van der Waals surface area contributed by atoms with Gasteiger partial charge in [0.2, 0.25) is 0 Å². The summed E-state index contributed by atoms with van der Waals surface area (Å²) in [6.45, 7) is 21.2. The highest BCUT2D eigenvalue weighted by Gasteiger charge is 2.11. The molecule has 0 bridgehead atoms. The van der Waals surface area contributed by atoms with E-state index in [2.05, 4.69) is 72.3 Å². The molecule has 0 saturated heterocycles. The zero-order chi connectivity index (χ0) is 43.2. The first-order chi connectivity index (χ1) is 25.7. The first-order valence-corrected chi connectivity index (χ1v) is 20.6. The molecule has 338 valence electrons. The highest BCUT2D eigenvalue weighted by atomic mass is 16.5. The Bertz CT molecular complexity index is 715. The van der Waals surface area contributed by atoms with Crippen LogP contribution in [0.5, 0.6) is 0 Å². The molecule has 0 rings (SSSR count). The zero-order valence-electron chi connectivity index (χ0n) is 39.0. The van der Waals surface area contributed by atoms with Crippen LogP contribution in [0.1, 0.15) is 40.0 Å². The molecule has 0 radical (unpaired) electrons. The molecule has 0 aliphatic heterocycles. The molecule has 0 heterocycles. The summed E-state index contributed by atoms with van der Waals surface area (Å²) in [7, 11) is 24.7. The number of nitrogens with zero attached hydrogens (tertiary/aromatic N) is 9. The lowest BCUT2D eigenvalue weighted by atomic mass is 10.2. The van der Waals surface area contributed by atoms with Crippen LogP contribution >= 0.6 is 0 Å². The number of aliphatic hydroxyl groups excluding tert-OH is 5. The lowest BCUT2D eigenvalue weighted by Gasteiger charge is -2.25. The van der Waals surface area contributed by atoms with E-state index in [0.29, 0.717) is 13.1 Å². The lowest BCUT2D eigenvalue weighted by molar-refractivity contribution is 0.0817. The maximum absolute atomic E-state index is 9.48. The molecule has 0 fully saturated rings. The fourth-order valence-corrected chi connectivity index (χ4v) is 5.01. The van der Waals surface area contributed by atoms with Crippen molar-refractivity contribution >= 4 is 0 Å². The molecule has 0 aliphatic rings. The topological polar surface area (TPSA) is 140 Å². The van der Waals surface area contributed by atoms with E-state index >= 15 is 0 Å². The Morgan fingerprint density at radius 3 is 1.00 bits per heavy atom. The third kappa shape index (κ3) is 60.2. The summed E-state index contributed by atoms with van der Waals surface area (Å²) in [6.07, 6.45) is 2.51. The number of ether oxygens (including phenoxy) is 1. The average Bonchev–Trinajstić information content (AvgIpc) is 3.03. The van der Waals surface area contributed by atoms with E-state index in [-0.39, 0.29) is 31.5 Å². The van der Waals surface area contributed by atoms with Gasteiger partial charge < -0.3 is 69.5 Å². The van der Waals surface area contributed by atoms with Crippen molar-refractivity contribution in [3.63, 3.8) is 0 Å². The molecular formula is C40H97N9O6. The number of aliphatic hydroxyl groups is 5. The molecule has 0 aromatic carbocycles. The van der Waals surface area contributed by atoms with Crippen molar-refractivity contribution in [1.82, 2.24) is 44.1 Å². The fraction of sp³-hybridized carbons (Fsp3) is 1.00. The summed E-state index contributed by atoms with van der Waals surface area (Å²) in [5, 5.41) is 45.3. The minimum atomic E-state index is -0.330. The molecule has 0 saturated carbocycles. The molecule has 0 aromatic heterocycles. The normalized spacial score (nSPS) is 13.5. The molecule has 15 nitrogen and oxygen atoms in total. The van der Waals surface area contributed by atoms with Crippen LogP contribution in [0, 0.1) is 0 Å². The first kappa shape index (κ1) is 61.1. The summed E-state index contributed by atoms with van der Waals surface area (Å²) in [4.78, 5) is 19.4. The van der Waals surface area contributed by atoms with Crippen LogP contribution in [-0.2, 0) is 4.74 Å². The lowest BCUT2D eigenvalue weighted by Crippen LogP contribution is -2.37. The van der Waals surface area contributed by atoms with Gasteiger partial charge in [0.05, 0.1) is 44.7 Å². The van der Waals surface area contributed by atoms with Gasteiger partial charge in [-0.05, 0) is 164 Å². The Morgan fingerprint density at radius 2 is 0.673 bits per heavy atom. The van der Waals surface area contributed by atoms with Crippen molar-refractivity contribution in [2.24, 2.45) is 0 Å². The van der Waals surface area contributed by atoms with Gasteiger partial charge in [-0.1, -0.05) is 0 Å². The second-order valence-electron chi connectivity index (χ2n) is 16.4. The molecule has 0 aromatic rings. The first-order valence-electron chi connectivity index (χ1n) is 20.6. The number of hydrogen-bond donors (Lipinski definition) is 5. The van der Waals surface area contributed by atoms with E-state index in [4.69, 9.17) is 14.9 Å². The van der Waals surface area contributed by atoms with Gasteiger partial charge in [0.1, 0.15) is 0 Å². The van der Waals surface area contributed by atoms with E-state index < -0.39 is 0 Å². The van der Waals surface area contributed by atoms with Crippen LogP contribution < -0.4 is 0 Å². The van der Waals surface area contributed by atoms with Crippen molar-refractivity contribution in [3.05, 3.63) is 0 Å². The summed E-state index contributed by atoms with van der Waals surface area (Å²) in [6, 6.07) is 0. The standard InChI is InChI=1S/C13H31N3O.C11H26N2O2.C9H22N2O2.C7H18N2O/c1-13(17)12-16(10-6-8-14(2)3)11-7-9-15(4)5;1-10(14)8-13(9-11(2)15)7-5-6-12(3)4;1-10(2)5-8-13-9-6-11(3)4-7-12;1-8(2)4-5-9(3)6-7-10/h13,17H,6-12H2,1-5H3;10-11,14-15H,5-9H2,1-4H3;12H,4-9H2,1-3H3;10H,4-7H2,1-3H3. The third-order valence-corrected chi connectivity index (χ3v) is 8.00. The molecule has 15 heteroatoms. The van der Waals surface area contributed by atoms with Crippen LogP contribution in [-0.4, -0.2) is 297 Å². The van der Waals surface area contributed by atoms with E-state index in [1.165, 1.54) is 12.8 Å². The average molecular weight is 800 g/mol. The Labute approximate surface area is 341 Å². The van der Waals surface area contributed by atoms with Gasteiger partial charge in [-0.3, -0.25) is 4.90 Å². The summed E-state index contributed by atoms with van der Waals surface area (Å²) < 4.78 is 5.40. The van der Waals surface area contributed by atoms with Gasteiger partial charge >= 0.3 is 0 Å². The van der Waals surface area contributed by atoms with Gasteiger partial charge in [0, 0.05) is 58.9 Å². The summed E-state index contributed by atoms with van der Waals surface area (Å²) >= 11 is 0. The van der Waals surface area contributed by atoms with Crippen LogP contribution in [0.3, 0.4) is 0 Å². The minimum Gasteiger partial charge on any atom is -0.395 e. The molecular weight excluding hydrogens is 702 g/mol. The van der Waals surface area contributed by atoms with Gasteiger partial charge in [0.15, 0.2) is 0 Å². The van der Waals surface area contributed by atoms with E-state index in [1.54, 1.807) is 13.8 Å². The van der Waals surface area contributed by atoms with Gasteiger partial charge in [0.25, 0.3) is 0 Å². The molecule has 55 heavy (non-hydrogen) atoms. The summed E-state index contributed by atoms with van der Waals surface area (Å²) in [5.74, 6) is 0. The molecule has 0 amide bonds. The Hall–Kier alpha value is -0.600. The van der Waals surface area contributed by atoms with Crippen LogP contribution in [0.4, 0.5) is 0 Å². The van der Waals surface area contributed by atoms with Crippen molar-refractivity contribution in [1.29, 1.82) is 0 Å². The Morgan fingerprint density at radius 1 is 0.364 bits per heavy atom. The Kier molecular flexibility index (Phi) is 47.7. The van der Waals surface area contributed by atoms with Crippen LogP contribution in [0.25, 0.3) is 0 Å². The maximum atomic E-state index is 9.48. The van der Waals surface area contributed by atoms with Crippen molar-refractivity contribution < 1.29 is 30.3 Å². The Balaban J connectivity index is -0.000000320. The fourth-order valence-electron chi connectivity index (χ4n) is 5.01. The van der Waals surface area contributed by atoms with E-state index in [0.717, 1.165) is 105 Å². The number of likely N-dealkylation sites (N-methyl/N-ethyl adjacent to an activating group) is 4. The third-order valence-electron chi connectivity index (χ3n) is 8.00. The highest BCUT2D eigenvalue weighted by molar-refractivity contribution is 4.66. The van der Waals surface area contributed by atoms with E-state index in [9.17, 15) is 15.3 Å². The molecule has 3 unspecified atom stereocenters. The monoisotopic (exact) mass is 800 g/mol. The zero-order valence-corrected chi connectivity index (χ0v) is 39.0. The minimum absolute atomic E-state index is 0.216. The van der Waals surface area contributed by atoms with Crippen molar-refractivity contribution in [3.8, 4) is 0 Å². The smallest absolute Gasteiger partial charge is 0.0639 e. The number of rotatable bonds is 31. The van der Waals surface area contributed by atoms with Gasteiger partial charge in [-0.15, -0.1) is 0 Å². The quantitative estimate of drug-likeness (QED) is 0.0578. The molecule has 3 atom stereocenters. The largest absolute Gasteiger partial charge is 0.395 e. The second-order valence-corrected chi connectivity index (χ2v) is 16.4. The van der Waals surface area contributed by atoms with Gasteiger partial charge in [-0.25, -0.2) is 0 Å². The van der Waals surface area contributed by atoms with Crippen LogP contribution in [0.2, 0.25) is 0 Å². The molecule has 0 aliphatic carbocycles. The second kappa shape index (κ2) is 43.0. The SMILES string of the molecule is CC(O)CN(CCCN(C)C)CC(C)O.CC(O)CN(CCCN(C)C)CCCN(C)C.CN(C)CCN(C)CCO.CN(C)CCOCCN(C)CCO. The highest BCUT2D eigenvalue weighted by Crippen LogP contribution is 2.00. The predicted molar refractivity (Wildman–Crippen MR) is 235 cm³/mol. The summed E-state index contributed by atoms with van der Waals surface area (Å²) in [5.41, 5.74) is 0. The van der Waals surface area contributed by atoms with Crippen molar-refractivity contribution in [2.75, 3.05) is 209 Å².